The zero-order valence-electron chi connectivity index (χ0n) is 26.0. The molecule has 2 aliphatic carbocycles. The summed E-state index contributed by atoms with van der Waals surface area (Å²) in [5.41, 5.74) is -0.359. The smallest absolute Gasteiger partial charge is 0.504 e. The average molecular weight is 666 g/mol. The minimum Gasteiger partial charge on any atom is -0.504 e. The normalized spacial score (nSPS) is 27.3. The Hall–Kier alpha value is -4.62. The lowest BCUT2D eigenvalue weighted by molar-refractivity contribution is -0.386. The van der Waals surface area contributed by atoms with Gasteiger partial charge in [-0.2, -0.15) is 0 Å². The van der Waals surface area contributed by atoms with E-state index >= 15 is 0 Å². The van der Waals surface area contributed by atoms with Gasteiger partial charge in [0.1, 0.15) is 11.9 Å². The molecular formula is C35H34F3N3O7. The molecule has 5 atom stereocenters. The Morgan fingerprint density at radius 2 is 1.96 bits per heavy atom. The summed E-state index contributed by atoms with van der Waals surface area (Å²) in [7, 11) is 1.59. The number of rotatable bonds is 8. The summed E-state index contributed by atoms with van der Waals surface area (Å²) in [4.78, 5) is 29.0. The molecule has 1 saturated carbocycles. The predicted octanol–water partition coefficient (Wildman–Crippen LogP) is 5.14. The van der Waals surface area contributed by atoms with Crippen molar-refractivity contribution in [3.63, 3.8) is 0 Å². The highest BCUT2D eigenvalue weighted by Crippen LogP contribution is 2.67. The van der Waals surface area contributed by atoms with E-state index in [0.29, 0.717) is 42.6 Å². The zero-order valence-corrected chi connectivity index (χ0v) is 26.0. The van der Waals surface area contributed by atoms with Gasteiger partial charge >= 0.3 is 6.36 Å². The van der Waals surface area contributed by atoms with Gasteiger partial charge in [0.05, 0.1) is 28.0 Å². The topological polar surface area (TPSA) is 126 Å². The van der Waals surface area contributed by atoms with E-state index in [-0.39, 0.29) is 30.0 Å². The van der Waals surface area contributed by atoms with E-state index in [1.807, 2.05) is 30.3 Å². The molecule has 48 heavy (non-hydrogen) atoms. The summed E-state index contributed by atoms with van der Waals surface area (Å²) < 4.78 is 48.6. The molecule has 13 heteroatoms. The molecule has 1 amide bonds. The number of nitrogens with zero attached hydrogens (tertiary/aromatic N) is 3. The van der Waals surface area contributed by atoms with Gasteiger partial charge in [0.15, 0.2) is 11.5 Å². The summed E-state index contributed by atoms with van der Waals surface area (Å²) >= 11 is 0. The molecule has 1 spiro atoms. The van der Waals surface area contributed by atoms with Crippen LogP contribution >= 0.6 is 0 Å². The fourth-order valence-electron chi connectivity index (χ4n) is 8.68. The van der Waals surface area contributed by atoms with E-state index in [9.17, 15) is 38.3 Å². The number of likely N-dealkylation sites (N-methyl/N-ethyl adjacent to an activating group) is 1. The number of alkyl halides is 3. The van der Waals surface area contributed by atoms with Crippen LogP contribution in [0.4, 0.5) is 18.9 Å². The number of nitro benzene ring substituents is 1. The molecule has 2 heterocycles. The number of phenols is 1. The number of likely N-dealkylation sites (tertiary alicyclic amines) is 1. The predicted molar refractivity (Wildman–Crippen MR) is 168 cm³/mol. The quantitative estimate of drug-likeness (QED) is 0.193. The highest BCUT2D eigenvalue weighted by Gasteiger charge is 2.74. The molecule has 252 valence electrons. The third-order valence-corrected chi connectivity index (χ3v) is 10.7. The van der Waals surface area contributed by atoms with E-state index in [2.05, 4.69) is 9.64 Å². The second kappa shape index (κ2) is 11.5. The first-order valence-electron chi connectivity index (χ1n) is 15.8. The minimum absolute atomic E-state index is 0.111. The number of hydrogen-bond acceptors (Lipinski definition) is 8. The van der Waals surface area contributed by atoms with Gasteiger partial charge in [0.25, 0.3) is 5.69 Å². The molecular weight excluding hydrogens is 631 g/mol. The van der Waals surface area contributed by atoms with Crippen molar-refractivity contribution in [1.82, 2.24) is 9.80 Å². The first-order valence-corrected chi connectivity index (χ1v) is 15.8. The van der Waals surface area contributed by atoms with Gasteiger partial charge in [-0.3, -0.25) is 19.8 Å². The van der Waals surface area contributed by atoms with Crippen LogP contribution in [-0.4, -0.2) is 81.1 Å². The molecule has 0 radical (unpaired) electrons. The Morgan fingerprint density at radius 3 is 2.69 bits per heavy atom. The zero-order chi connectivity index (χ0) is 34.0. The number of nitro groups is 1. The highest BCUT2D eigenvalue weighted by molar-refractivity contribution is 5.92. The van der Waals surface area contributed by atoms with Gasteiger partial charge in [-0.05, 0) is 68.0 Å². The molecule has 2 fully saturated rings. The van der Waals surface area contributed by atoms with Crippen LogP contribution in [0.15, 0.2) is 66.7 Å². The monoisotopic (exact) mass is 665 g/mol. The maximum Gasteiger partial charge on any atom is 0.573 e. The van der Waals surface area contributed by atoms with Crippen molar-refractivity contribution in [3.05, 3.63) is 99.1 Å². The maximum absolute atomic E-state index is 13.5. The van der Waals surface area contributed by atoms with E-state index < -0.39 is 52.1 Å². The number of aliphatic hydroxyl groups is 1. The van der Waals surface area contributed by atoms with Crippen molar-refractivity contribution in [3.8, 4) is 17.2 Å². The second-order valence-electron chi connectivity index (χ2n) is 13.0. The first kappa shape index (κ1) is 32.0. The Bertz CT molecular complexity index is 1800. The van der Waals surface area contributed by atoms with Crippen molar-refractivity contribution in [2.75, 3.05) is 20.1 Å². The van der Waals surface area contributed by atoms with E-state index in [1.54, 1.807) is 7.05 Å². The van der Waals surface area contributed by atoms with Gasteiger partial charge in [-0.1, -0.05) is 42.5 Å². The number of amides is 1. The van der Waals surface area contributed by atoms with Gasteiger partial charge in [0.2, 0.25) is 5.91 Å². The third-order valence-electron chi connectivity index (χ3n) is 10.7. The van der Waals surface area contributed by atoms with E-state index in [0.717, 1.165) is 24.1 Å². The summed E-state index contributed by atoms with van der Waals surface area (Å²) in [6.07, 6.45) is -1.08. The summed E-state index contributed by atoms with van der Waals surface area (Å²) in [5.74, 6) is -1.14. The molecule has 7 rings (SSSR count). The van der Waals surface area contributed by atoms with Crippen molar-refractivity contribution in [1.29, 1.82) is 0 Å². The number of hydrogen-bond donors (Lipinski definition) is 2. The van der Waals surface area contributed by atoms with E-state index in [4.69, 9.17) is 4.74 Å². The number of carbonyl (C=O) groups is 1. The number of carbonyl (C=O) groups excluding carboxylic acids is 1. The van der Waals surface area contributed by atoms with Crippen LogP contribution in [0.2, 0.25) is 0 Å². The lowest BCUT2D eigenvalue weighted by Crippen LogP contribution is -2.78. The summed E-state index contributed by atoms with van der Waals surface area (Å²) in [5, 5.41) is 36.1. The maximum atomic E-state index is 13.5. The molecule has 2 aliphatic heterocycles. The number of benzene rings is 3. The van der Waals surface area contributed by atoms with Crippen molar-refractivity contribution < 1.29 is 42.6 Å². The van der Waals surface area contributed by atoms with Crippen LogP contribution in [-0.2, 0) is 23.1 Å². The van der Waals surface area contributed by atoms with Gasteiger partial charge in [0, 0.05) is 36.8 Å². The standard InChI is InChI=1S/C35H34F3N3O7/c1-39(29(43)11-10-22-8-5-9-23(18-22)48-35(36,37)38)25-12-14-34(44)28-19-24-26(41(45)46)20-27(42)31-30(24)33(34,32(25)47-31)15-17-40(28)16-13-21-6-3-2-4-7-21/h2-11,18,20,25,28,32,42,44H,12-17,19H2,1H3/t25-,28+,32-,33-,34+/m0/s1. The molecule has 0 aromatic heterocycles. The van der Waals surface area contributed by atoms with Gasteiger partial charge in [-0.25, -0.2) is 0 Å². The van der Waals surface area contributed by atoms with Gasteiger partial charge in [-0.15, -0.1) is 13.2 Å². The van der Waals surface area contributed by atoms with Gasteiger partial charge < -0.3 is 24.6 Å². The van der Waals surface area contributed by atoms with E-state index in [1.165, 1.54) is 35.3 Å². The first-order chi connectivity index (χ1) is 22.8. The van der Waals surface area contributed by atoms with Crippen LogP contribution in [0.3, 0.4) is 0 Å². The SMILES string of the molecule is CN(C(=O)C=Cc1cccc(OC(F)(F)F)c1)[C@H]1CC[C@@]2(O)[C@H]3Cc4c([N+](=O)[O-])cc(O)c5c4[C@@]2(CCN3CCc2ccccc2)[C@H]1O5. The average Bonchev–Trinajstić information content (AvgIpc) is 3.39. The Morgan fingerprint density at radius 1 is 1.19 bits per heavy atom. The number of ether oxygens (including phenoxy) is 2. The molecule has 3 aromatic rings. The van der Waals surface area contributed by atoms with Crippen LogP contribution in [0, 0.1) is 10.1 Å². The summed E-state index contributed by atoms with van der Waals surface area (Å²) in [6.45, 7) is 1.21. The number of aromatic hydroxyl groups is 1. The Balaban J connectivity index is 1.22. The lowest BCUT2D eigenvalue weighted by atomic mass is 9.48. The Labute approximate surface area is 274 Å². The molecule has 0 unspecified atom stereocenters. The fourth-order valence-corrected chi connectivity index (χ4v) is 8.68. The highest BCUT2D eigenvalue weighted by atomic mass is 19.4. The van der Waals surface area contributed by atoms with Crippen LogP contribution in [0.25, 0.3) is 6.08 Å². The van der Waals surface area contributed by atoms with Crippen LogP contribution in [0.5, 0.6) is 17.2 Å². The molecule has 4 aliphatic rings. The number of halogens is 3. The van der Waals surface area contributed by atoms with Crippen molar-refractivity contribution >= 4 is 17.7 Å². The van der Waals surface area contributed by atoms with Crippen LogP contribution < -0.4 is 9.47 Å². The summed E-state index contributed by atoms with van der Waals surface area (Å²) in [6, 6.07) is 15.3. The molecule has 3 aromatic carbocycles. The molecule has 1 saturated heterocycles. The van der Waals surface area contributed by atoms with Crippen molar-refractivity contribution in [2.45, 2.75) is 67.7 Å². The fraction of sp³-hybridized carbons (Fsp3) is 0.400. The number of piperidine rings is 1. The third kappa shape index (κ3) is 5.07. The van der Waals surface area contributed by atoms with Crippen LogP contribution in [0.1, 0.15) is 41.5 Å². The number of phenolic OH excluding ortho intramolecular Hbond substituents is 1. The molecule has 2 bridgehead atoms. The van der Waals surface area contributed by atoms with Crippen molar-refractivity contribution in [2.24, 2.45) is 0 Å². The molecule has 10 nitrogen and oxygen atoms in total. The second-order valence-corrected chi connectivity index (χ2v) is 13.0. The lowest BCUT2D eigenvalue weighted by Gasteiger charge is -2.64. The minimum atomic E-state index is -4.86. The Kier molecular flexibility index (Phi) is 7.67. The largest absolute Gasteiger partial charge is 0.573 e. The molecule has 2 N–H and O–H groups in total.